The highest BCUT2D eigenvalue weighted by Crippen LogP contribution is 2.33. The number of methoxy groups -OCH3 is 1. The molecule has 148 valence electrons. The van der Waals surface area contributed by atoms with Crippen LogP contribution in [0.15, 0.2) is 63.4 Å². The third kappa shape index (κ3) is 4.66. The number of amides is 1. The van der Waals surface area contributed by atoms with Gasteiger partial charge in [0.15, 0.2) is 5.13 Å². The van der Waals surface area contributed by atoms with Crippen molar-refractivity contribution in [3.63, 3.8) is 0 Å². The molecule has 29 heavy (non-hydrogen) atoms. The van der Waals surface area contributed by atoms with Gasteiger partial charge in [-0.25, -0.2) is 4.98 Å². The zero-order valence-corrected chi connectivity index (χ0v) is 18.8. The first-order valence-electron chi connectivity index (χ1n) is 8.91. The summed E-state index contributed by atoms with van der Waals surface area (Å²) in [6.07, 6.45) is 1.97. The molecule has 1 aromatic heterocycles. The number of thiazole rings is 1. The number of hydrogen-bond acceptors (Lipinski definition) is 6. The number of rotatable bonds is 5. The number of ether oxygens (including phenoxy) is 1. The van der Waals surface area contributed by atoms with Crippen LogP contribution in [-0.2, 0) is 0 Å². The topological polar surface area (TPSA) is 54.5 Å². The smallest absolute Gasteiger partial charge is 0.259 e. The summed E-state index contributed by atoms with van der Waals surface area (Å²) in [4.78, 5) is 19.4. The molecule has 1 N–H and O–H groups in total. The Hall–Kier alpha value is -2.29. The van der Waals surface area contributed by atoms with Gasteiger partial charge < -0.3 is 15.0 Å². The van der Waals surface area contributed by atoms with Crippen molar-refractivity contribution in [2.45, 2.75) is 0 Å². The van der Waals surface area contributed by atoms with Crippen LogP contribution in [0.3, 0.4) is 0 Å². The number of nitrogens with one attached hydrogen (secondary N) is 1. The number of halogens is 1. The number of carbonyl (C=O) groups is 1. The molecular weight excluding hydrogens is 470 g/mol. The molecule has 3 aromatic rings. The van der Waals surface area contributed by atoms with Crippen molar-refractivity contribution >= 4 is 61.8 Å². The van der Waals surface area contributed by atoms with Gasteiger partial charge in [-0.05, 0) is 58.4 Å². The van der Waals surface area contributed by atoms with E-state index in [1.165, 1.54) is 11.3 Å². The fraction of sp³-hybridized carbons (Fsp3) is 0.143. The maximum absolute atomic E-state index is 13.0. The van der Waals surface area contributed by atoms with E-state index >= 15 is 0 Å². The summed E-state index contributed by atoms with van der Waals surface area (Å²) in [7, 11) is 1.65. The Labute approximate surface area is 185 Å². The number of carbonyl (C=O) groups excluding carboxylic acids is 1. The van der Waals surface area contributed by atoms with Gasteiger partial charge in [0.25, 0.3) is 5.91 Å². The van der Waals surface area contributed by atoms with Crippen LogP contribution >= 0.6 is 39.0 Å². The molecule has 1 aliphatic heterocycles. The van der Waals surface area contributed by atoms with Crippen molar-refractivity contribution in [3.8, 4) is 5.75 Å². The first kappa shape index (κ1) is 20.0. The van der Waals surface area contributed by atoms with Gasteiger partial charge in [0.2, 0.25) is 0 Å². The van der Waals surface area contributed by atoms with Gasteiger partial charge in [-0.3, -0.25) is 4.79 Å². The Kier molecular flexibility index (Phi) is 6.22. The van der Waals surface area contributed by atoms with Crippen molar-refractivity contribution in [2.75, 3.05) is 24.7 Å². The lowest BCUT2D eigenvalue weighted by atomic mass is 10.2. The van der Waals surface area contributed by atoms with Crippen LogP contribution in [0.2, 0.25) is 0 Å². The molecule has 4 rings (SSSR count). The Morgan fingerprint density at radius 2 is 2.03 bits per heavy atom. The lowest BCUT2D eigenvalue weighted by molar-refractivity contribution is 0.0830. The highest BCUT2D eigenvalue weighted by Gasteiger charge is 2.26. The first-order chi connectivity index (χ1) is 14.1. The molecule has 1 amide bonds. The molecule has 2 heterocycles. The molecule has 0 spiro atoms. The molecule has 0 aliphatic carbocycles. The number of benzene rings is 2. The molecule has 0 bridgehead atoms. The largest absolute Gasteiger partial charge is 0.497 e. The molecule has 0 atom stereocenters. The molecule has 5 nitrogen and oxygen atoms in total. The van der Waals surface area contributed by atoms with Gasteiger partial charge in [-0.2, -0.15) is 0 Å². The fourth-order valence-corrected chi connectivity index (χ4v) is 5.02. The Balaban J connectivity index is 1.50. The average molecular weight is 488 g/mol. The Bertz CT molecular complexity index is 1050. The molecule has 1 saturated heterocycles. The summed E-state index contributed by atoms with van der Waals surface area (Å²) in [5.74, 6) is 1.69. The molecule has 0 unspecified atom stereocenters. The standard InChI is InChI=1S/C21H18BrN3O2S2/c1-27-16-8-6-14(7-9-16)23-21-24-15(13-29-21)12-19-25(10-11-28-19)20(26)17-4-2-3-5-18(17)22/h2-9,12-13H,10-11H2,1H3,(H,23,24)/b19-12+. The zero-order valence-electron chi connectivity index (χ0n) is 15.6. The minimum Gasteiger partial charge on any atom is -0.497 e. The SMILES string of the molecule is COc1ccc(Nc2nc(/C=C3/SCCN3C(=O)c3ccccc3Br)cs2)cc1. The summed E-state index contributed by atoms with van der Waals surface area (Å²) in [6.45, 7) is 0.692. The van der Waals surface area contributed by atoms with E-state index in [1.807, 2.05) is 64.9 Å². The number of hydrogen-bond donors (Lipinski definition) is 1. The van der Waals surface area contributed by atoms with E-state index in [0.717, 1.165) is 37.5 Å². The second-order valence-corrected chi connectivity index (χ2v) is 9.03. The van der Waals surface area contributed by atoms with E-state index in [4.69, 9.17) is 4.74 Å². The summed E-state index contributed by atoms with van der Waals surface area (Å²) in [5.41, 5.74) is 2.45. The molecular formula is C21H18BrN3O2S2. The van der Waals surface area contributed by atoms with Crippen LogP contribution in [-0.4, -0.2) is 35.2 Å². The van der Waals surface area contributed by atoms with Crippen LogP contribution in [0, 0.1) is 0 Å². The minimum atomic E-state index is 0.000496. The quantitative estimate of drug-likeness (QED) is 0.489. The number of thioether (sulfide) groups is 1. The molecule has 1 fully saturated rings. The van der Waals surface area contributed by atoms with E-state index in [-0.39, 0.29) is 5.91 Å². The van der Waals surface area contributed by atoms with Gasteiger partial charge in [0, 0.05) is 27.8 Å². The summed E-state index contributed by atoms with van der Waals surface area (Å²) < 4.78 is 5.99. The van der Waals surface area contributed by atoms with Gasteiger partial charge in [-0.1, -0.05) is 12.1 Å². The Morgan fingerprint density at radius 1 is 1.24 bits per heavy atom. The maximum Gasteiger partial charge on any atom is 0.259 e. The third-order valence-electron chi connectivity index (χ3n) is 4.31. The van der Waals surface area contributed by atoms with Crippen LogP contribution in [0.1, 0.15) is 16.1 Å². The normalized spacial score (nSPS) is 15.0. The minimum absolute atomic E-state index is 0.000496. The summed E-state index contributed by atoms with van der Waals surface area (Å²) >= 11 is 6.67. The molecule has 2 aromatic carbocycles. The van der Waals surface area contributed by atoms with Crippen molar-refractivity contribution in [1.82, 2.24) is 9.88 Å². The van der Waals surface area contributed by atoms with Gasteiger partial charge in [0.1, 0.15) is 5.75 Å². The van der Waals surface area contributed by atoms with E-state index in [0.29, 0.717) is 12.1 Å². The average Bonchev–Trinajstić information content (AvgIpc) is 3.38. The van der Waals surface area contributed by atoms with Crippen LogP contribution in [0.25, 0.3) is 6.08 Å². The highest BCUT2D eigenvalue weighted by molar-refractivity contribution is 9.10. The zero-order chi connectivity index (χ0) is 20.2. The highest BCUT2D eigenvalue weighted by atomic mass is 79.9. The maximum atomic E-state index is 13.0. The number of nitrogens with zero attached hydrogens (tertiary/aromatic N) is 2. The lowest BCUT2D eigenvalue weighted by Crippen LogP contribution is -2.27. The number of anilines is 2. The van der Waals surface area contributed by atoms with Crippen LogP contribution in [0.4, 0.5) is 10.8 Å². The monoisotopic (exact) mass is 487 g/mol. The van der Waals surface area contributed by atoms with Crippen LogP contribution < -0.4 is 10.1 Å². The second kappa shape index (κ2) is 9.02. The van der Waals surface area contributed by atoms with Crippen molar-refractivity contribution in [2.24, 2.45) is 0 Å². The first-order valence-corrected chi connectivity index (χ1v) is 11.6. The molecule has 0 saturated carbocycles. The predicted octanol–water partition coefficient (Wildman–Crippen LogP) is 5.85. The van der Waals surface area contributed by atoms with Crippen LogP contribution in [0.5, 0.6) is 5.75 Å². The third-order valence-corrected chi connectivity index (χ3v) is 6.80. The lowest BCUT2D eigenvalue weighted by Gasteiger charge is -2.17. The van der Waals surface area contributed by atoms with Crippen molar-refractivity contribution < 1.29 is 9.53 Å². The van der Waals surface area contributed by atoms with E-state index < -0.39 is 0 Å². The van der Waals surface area contributed by atoms with Crippen molar-refractivity contribution in [3.05, 3.63) is 74.7 Å². The fourth-order valence-electron chi connectivity index (χ4n) is 2.87. The van der Waals surface area contributed by atoms with E-state index in [2.05, 4.69) is 26.2 Å². The van der Waals surface area contributed by atoms with Gasteiger partial charge in [-0.15, -0.1) is 23.1 Å². The van der Waals surface area contributed by atoms with Crippen molar-refractivity contribution in [1.29, 1.82) is 0 Å². The van der Waals surface area contributed by atoms with Gasteiger partial charge >= 0.3 is 0 Å². The predicted molar refractivity (Wildman–Crippen MR) is 124 cm³/mol. The Morgan fingerprint density at radius 3 is 2.79 bits per heavy atom. The van der Waals surface area contributed by atoms with E-state index in [1.54, 1.807) is 18.9 Å². The molecule has 1 aliphatic rings. The summed E-state index contributed by atoms with van der Waals surface area (Å²) in [6, 6.07) is 15.2. The van der Waals surface area contributed by atoms with E-state index in [9.17, 15) is 4.79 Å². The molecule has 0 radical (unpaired) electrons. The van der Waals surface area contributed by atoms with Gasteiger partial charge in [0.05, 0.1) is 23.4 Å². The number of aromatic nitrogens is 1. The molecule has 8 heteroatoms. The summed E-state index contributed by atoms with van der Waals surface area (Å²) in [5, 5.41) is 7.00. The second-order valence-electron chi connectivity index (χ2n) is 6.20.